The molecule has 0 radical (unpaired) electrons. The molecule has 0 aliphatic rings. The van der Waals surface area contributed by atoms with Crippen molar-refractivity contribution < 1.29 is 9.59 Å². The van der Waals surface area contributed by atoms with E-state index in [2.05, 4.69) is 10.6 Å². The molecule has 0 fully saturated rings. The first-order valence-corrected chi connectivity index (χ1v) is 8.24. The Labute approximate surface area is 143 Å². The number of hydrogen-bond donors (Lipinski definition) is 2. The van der Waals surface area contributed by atoms with Gasteiger partial charge in [-0.3, -0.25) is 9.59 Å². The monoisotopic (exact) mass is 324 g/mol. The van der Waals surface area contributed by atoms with Crippen molar-refractivity contribution in [3.8, 4) is 0 Å². The van der Waals surface area contributed by atoms with Crippen LogP contribution in [-0.2, 0) is 6.54 Å². The Morgan fingerprint density at radius 3 is 2.00 bits per heavy atom. The third kappa shape index (κ3) is 4.95. The lowest BCUT2D eigenvalue weighted by Gasteiger charge is -2.11. The second-order valence-corrected chi connectivity index (χ2v) is 6.03. The van der Waals surface area contributed by atoms with Gasteiger partial charge in [0.15, 0.2) is 0 Å². The Balaban J connectivity index is 1.93. The van der Waals surface area contributed by atoms with Gasteiger partial charge in [-0.05, 0) is 50.1 Å². The van der Waals surface area contributed by atoms with Crippen LogP contribution in [-0.4, -0.2) is 17.9 Å². The number of rotatable bonds is 6. The van der Waals surface area contributed by atoms with Gasteiger partial charge in [-0.2, -0.15) is 0 Å². The topological polar surface area (TPSA) is 58.2 Å². The van der Waals surface area contributed by atoms with Gasteiger partial charge in [0, 0.05) is 23.7 Å². The van der Waals surface area contributed by atoms with E-state index in [1.165, 1.54) is 5.56 Å². The maximum absolute atomic E-state index is 12.2. The van der Waals surface area contributed by atoms with Crippen molar-refractivity contribution in [1.29, 1.82) is 0 Å². The standard InChI is InChI=1S/C20H24N2O2/c1-4-15(3)22-20(24)18-11-9-17(10-12-18)19(23)21-13-16-7-5-14(2)6-8-16/h5-12,15H,4,13H2,1-3H3,(H,21,23)(H,22,24). The van der Waals surface area contributed by atoms with Crippen LogP contribution in [0.25, 0.3) is 0 Å². The van der Waals surface area contributed by atoms with Gasteiger partial charge < -0.3 is 10.6 Å². The Kier molecular flexibility index (Phi) is 6.13. The molecule has 4 nitrogen and oxygen atoms in total. The first-order chi connectivity index (χ1) is 11.5. The molecule has 0 bridgehead atoms. The summed E-state index contributed by atoms with van der Waals surface area (Å²) in [6.07, 6.45) is 0.880. The van der Waals surface area contributed by atoms with Crippen LogP contribution >= 0.6 is 0 Å². The van der Waals surface area contributed by atoms with Gasteiger partial charge in [0.1, 0.15) is 0 Å². The lowest BCUT2D eigenvalue weighted by Crippen LogP contribution is -2.32. The summed E-state index contributed by atoms with van der Waals surface area (Å²) >= 11 is 0. The number of benzene rings is 2. The maximum Gasteiger partial charge on any atom is 0.251 e. The minimum absolute atomic E-state index is 0.115. The number of carbonyl (C=O) groups is 2. The second-order valence-electron chi connectivity index (χ2n) is 6.03. The molecule has 2 N–H and O–H groups in total. The quantitative estimate of drug-likeness (QED) is 0.855. The Bertz CT molecular complexity index is 691. The summed E-state index contributed by atoms with van der Waals surface area (Å²) in [5.74, 6) is -0.263. The zero-order chi connectivity index (χ0) is 17.5. The molecule has 24 heavy (non-hydrogen) atoms. The molecule has 2 aromatic carbocycles. The molecule has 0 saturated heterocycles. The normalized spacial score (nSPS) is 11.6. The first kappa shape index (κ1) is 17.7. The number of amides is 2. The van der Waals surface area contributed by atoms with Crippen LogP contribution in [0.5, 0.6) is 0 Å². The van der Waals surface area contributed by atoms with Crippen molar-refractivity contribution in [2.45, 2.75) is 39.8 Å². The molecule has 4 heteroatoms. The highest BCUT2D eigenvalue weighted by Gasteiger charge is 2.10. The van der Waals surface area contributed by atoms with E-state index in [1.807, 2.05) is 45.0 Å². The van der Waals surface area contributed by atoms with Gasteiger partial charge in [-0.25, -0.2) is 0 Å². The highest BCUT2D eigenvalue weighted by molar-refractivity contribution is 5.97. The van der Waals surface area contributed by atoms with E-state index in [4.69, 9.17) is 0 Å². The van der Waals surface area contributed by atoms with Gasteiger partial charge in [0.2, 0.25) is 0 Å². The fourth-order valence-corrected chi connectivity index (χ4v) is 2.17. The molecule has 1 unspecified atom stereocenters. The molecule has 2 amide bonds. The zero-order valence-electron chi connectivity index (χ0n) is 14.4. The molecule has 126 valence electrons. The summed E-state index contributed by atoms with van der Waals surface area (Å²) in [7, 11) is 0. The number of carbonyl (C=O) groups excluding carboxylic acids is 2. The minimum Gasteiger partial charge on any atom is -0.350 e. The molecule has 2 rings (SSSR count). The predicted molar refractivity (Wildman–Crippen MR) is 96.0 cm³/mol. The summed E-state index contributed by atoms with van der Waals surface area (Å²) in [4.78, 5) is 24.2. The summed E-state index contributed by atoms with van der Waals surface area (Å²) in [6.45, 7) is 6.49. The van der Waals surface area contributed by atoms with E-state index in [-0.39, 0.29) is 17.9 Å². The minimum atomic E-state index is -0.149. The lowest BCUT2D eigenvalue weighted by atomic mass is 10.1. The van der Waals surface area contributed by atoms with E-state index in [9.17, 15) is 9.59 Å². The molecule has 2 aromatic rings. The zero-order valence-corrected chi connectivity index (χ0v) is 14.4. The van der Waals surface area contributed by atoms with E-state index in [0.717, 1.165) is 12.0 Å². The summed E-state index contributed by atoms with van der Waals surface area (Å²) in [6, 6.07) is 14.9. The highest BCUT2D eigenvalue weighted by Crippen LogP contribution is 2.07. The van der Waals surface area contributed by atoms with Crippen molar-refractivity contribution >= 4 is 11.8 Å². The first-order valence-electron chi connectivity index (χ1n) is 8.24. The fraction of sp³-hybridized carbons (Fsp3) is 0.300. The van der Waals surface area contributed by atoms with Crippen LogP contribution in [0.4, 0.5) is 0 Å². The van der Waals surface area contributed by atoms with Crippen LogP contribution in [0, 0.1) is 6.92 Å². The van der Waals surface area contributed by atoms with E-state index < -0.39 is 0 Å². The molecule has 0 aromatic heterocycles. The smallest absolute Gasteiger partial charge is 0.251 e. The third-order valence-electron chi connectivity index (χ3n) is 3.97. The average Bonchev–Trinajstić information content (AvgIpc) is 2.61. The lowest BCUT2D eigenvalue weighted by molar-refractivity contribution is 0.0931. The molecule has 0 saturated carbocycles. The van der Waals surface area contributed by atoms with Gasteiger partial charge in [-0.1, -0.05) is 36.8 Å². The van der Waals surface area contributed by atoms with E-state index in [0.29, 0.717) is 17.7 Å². The average molecular weight is 324 g/mol. The number of hydrogen-bond acceptors (Lipinski definition) is 2. The molecular weight excluding hydrogens is 300 g/mol. The van der Waals surface area contributed by atoms with Crippen molar-refractivity contribution in [1.82, 2.24) is 10.6 Å². The molecule has 1 atom stereocenters. The van der Waals surface area contributed by atoms with Gasteiger partial charge in [0.25, 0.3) is 11.8 Å². The van der Waals surface area contributed by atoms with Gasteiger partial charge in [0.05, 0.1) is 0 Å². The van der Waals surface area contributed by atoms with Crippen molar-refractivity contribution in [3.05, 3.63) is 70.8 Å². The Morgan fingerprint density at radius 2 is 1.46 bits per heavy atom. The third-order valence-corrected chi connectivity index (χ3v) is 3.97. The summed E-state index contributed by atoms with van der Waals surface area (Å²) in [5.41, 5.74) is 3.35. The predicted octanol–water partition coefficient (Wildman–Crippen LogP) is 3.45. The largest absolute Gasteiger partial charge is 0.350 e. The maximum atomic E-state index is 12.2. The van der Waals surface area contributed by atoms with Gasteiger partial charge >= 0.3 is 0 Å². The van der Waals surface area contributed by atoms with Crippen molar-refractivity contribution in [2.75, 3.05) is 0 Å². The molecule has 0 spiro atoms. The molecule has 0 aliphatic heterocycles. The molecule has 0 heterocycles. The van der Waals surface area contributed by atoms with Crippen molar-refractivity contribution in [2.24, 2.45) is 0 Å². The number of aryl methyl sites for hydroxylation is 1. The van der Waals surface area contributed by atoms with Crippen LogP contribution in [0.3, 0.4) is 0 Å². The van der Waals surface area contributed by atoms with Crippen LogP contribution < -0.4 is 10.6 Å². The fourth-order valence-electron chi connectivity index (χ4n) is 2.17. The highest BCUT2D eigenvalue weighted by atomic mass is 16.2. The molecule has 0 aliphatic carbocycles. The van der Waals surface area contributed by atoms with Crippen LogP contribution in [0.15, 0.2) is 48.5 Å². The van der Waals surface area contributed by atoms with Crippen molar-refractivity contribution in [3.63, 3.8) is 0 Å². The molecular formula is C20H24N2O2. The second kappa shape index (κ2) is 8.29. The van der Waals surface area contributed by atoms with Gasteiger partial charge in [-0.15, -0.1) is 0 Å². The van der Waals surface area contributed by atoms with Crippen LogP contribution in [0.2, 0.25) is 0 Å². The Morgan fingerprint density at radius 1 is 0.917 bits per heavy atom. The number of nitrogens with one attached hydrogen (secondary N) is 2. The SMILES string of the molecule is CCC(C)NC(=O)c1ccc(C(=O)NCc2ccc(C)cc2)cc1. The van der Waals surface area contributed by atoms with Crippen LogP contribution in [0.1, 0.15) is 52.1 Å². The summed E-state index contributed by atoms with van der Waals surface area (Å²) < 4.78 is 0. The summed E-state index contributed by atoms with van der Waals surface area (Å²) in [5, 5.41) is 5.79. The van der Waals surface area contributed by atoms with E-state index >= 15 is 0 Å². The Hall–Kier alpha value is -2.62. The van der Waals surface area contributed by atoms with E-state index in [1.54, 1.807) is 24.3 Å².